The molecule has 0 atom stereocenters. The molecule has 4 nitrogen and oxygen atoms in total. The van der Waals surface area contributed by atoms with Crippen molar-refractivity contribution >= 4 is 22.9 Å². The second-order valence-corrected chi connectivity index (χ2v) is 5.29. The van der Waals surface area contributed by atoms with Gasteiger partial charge in [0.15, 0.2) is 0 Å². The van der Waals surface area contributed by atoms with Crippen LogP contribution in [-0.4, -0.2) is 36.3 Å². The van der Waals surface area contributed by atoms with Crippen LogP contribution in [0.2, 0.25) is 0 Å². The molecule has 1 heterocycles. The van der Waals surface area contributed by atoms with E-state index in [-0.39, 0.29) is 0 Å². The summed E-state index contributed by atoms with van der Waals surface area (Å²) in [6.07, 6.45) is 2.84. The number of anilines is 1. The summed E-state index contributed by atoms with van der Waals surface area (Å²) < 4.78 is 0. The van der Waals surface area contributed by atoms with E-state index >= 15 is 0 Å². The maximum absolute atomic E-state index is 4.48. The van der Waals surface area contributed by atoms with Crippen molar-refractivity contribution in [3.63, 3.8) is 0 Å². The number of aliphatic imine (C=N–C) groups is 1. The first-order valence-corrected chi connectivity index (χ1v) is 7.54. The summed E-state index contributed by atoms with van der Waals surface area (Å²) in [5.41, 5.74) is 3.27. The van der Waals surface area contributed by atoms with Crippen LogP contribution in [0.4, 0.5) is 5.69 Å². The van der Waals surface area contributed by atoms with Gasteiger partial charge in [0.05, 0.1) is 17.2 Å². The van der Waals surface area contributed by atoms with E-state index in [1.165, 1.54) is 5.69 Å². The molecule has 0 amide bonds. The maximum Gasteiger partial charge on any atom is 0.149 e. The number of aromatic amines is 1. The number of nitrogens with one attached hydrogen (secondary N) is 1. The van der Waals surface area contributed by atoms with Gasteiger partial charge in [-0.05, 0) is 30.7 Å². The van der Waals surface area contributed by atoms with Crippen molar-refractivity contribution in [2.24, 2.45) is 4.99 Å². The fraction of sp³-hybridized carbons (Fsp3) is 0.222. The molecule has 0 fully saturated rings. The molecule has 22 heavy (non-hydrogen) atoms. The number of nitrogens with zero attached hydrogens (tertiary/aromatic N) is 3. The highest BCUT2D eigenvalue weighted by molar-refractivity contribution is 5.83. The van der Waals surface area contributed by atoms with Gasteiger partial charge in [-0.15, -0.1) is 0 Å². The monoisotopic (exact) mass is 292 g/mol. The summed E-state index contributed by atoms with van der Waals surface area (Å²) in [5.74, 6) is 0.817. The summed E-state index contributed by atoms with van der Waals surface area (Å²) in [4.78, 5) is 14.4. The summed E-state index contributed by atoms with van der Waals surface area (Å²) in [6, 6.07) is 18.4. The van der Waals surface area contributed by atoms with Gasteiger partial charge in [0, 0.05) is 25.8 Å². The highest BCUT2D eigenvalue weighted by Crippen LogP contribution is 2.11. The summed E-state index contributed by atoms with van der Waals surface area (Å²) >= 11 is 0. The Bertz CT molecular complexity index is 713. The van der Waals surface area contributed by atoms with Gasteiger partial charge in [-0.3, -0.25) is 4.99 Å². The first-order valence-electron chi connectivity index (χ1n) is 7.54. The average Bonchev–Trinajstić information content (AvgIpc) is 2.98. The lowest BCUT2D eigenvalue weighted by molar-refractivity contribution is 0.798. The molecule has 0 aliphatic rings. The van der Waals surface area contributed by atoms with Crippen LogP contribution in [0, 0.1) is 0 Å². The number of aromatic nitrogens is 2. The Balaban J connectivity index is 1.48. The minimum Gasteiger partial charge on any atom is -0.375 e. The molecule has 0 radical (unpaired) electrons. The van der Waals surface area contributed by atoms with E-state index < -0.39 is 0 Å². The van der Waals surface area contributed by atoms with E-state index in [4.69, 9.17) is 0 Å². The summed E-state index contributed by atoms with van der Waals surface area (Å²) in [6.45, 7) is 1.79. The lowest BCUT2D eigenvalue weighted by atomic mass is 10.3. The van der Waals surface area contributed by atoms with Crippen LogP contribution < -0.4 is 4.90 Å². The number of rotatable bonds is 6. The molecule has 0 spiro atoms. The number of benzene rings is 2. The molecule has 0 aliphatic carbocycles. The molecule has 2 aromatic carbocycles. The number of H-pyrrole nitrogens is 1. The van der Waals surface area contributed by atoms with Gasteiger partial charge in [-0.1, -0.05) is 30.3 Å². The van der Waals surface area contributed by atoms with Crippen LogP contribution in [0.1, 0.15) is 12.2 Å². The molecule has 0 saturated heterocycles. The number of para-hydroxylation sites is 3. The molecule has 0 aliphatic heterocycles. The Morgan fingerprint density at radius 2 is 1.86 bits per heavy atom. The molecule has 112 valence electrons. The topological polar surface area (TPSA) is 44.3 Å². The molecule has 3 aromatic rings. The minimum atomic E-state index is 0.800. The third kappa shape index (κ3) is 3.52. The SMILES string of the molecule is CN(CCC/N=C/c1nc2ccccc2[nH]1)c1ccccc1. The van der Waals surface area contributed by atoms with E-state index in [0.29, 0.717) is 0 Å². The average molecular weight is 292 g/mol. The van der Waals surface area contributed by atoms with Gasteiger partial charge in [-0.25, -0.2) is 4.98 Å². The van der Waals surface area contributed by atoms with Crippen molar-refractivity contribution in [3.8, 4) is 0 Å². The molecule has 0 unspecified atom stereocenters. The molecule has 4 heteroatoms. The molecule has 1 N–H and O–H groups in total. The lowest BCUT2D eigenvalue weighted by Crippen LogP contribution is -2.18. The quantitative estimate of drug-likeness (QED) is 0.558. The van der Waals surface area contributed by atoms with E-state index in [0.717, 1.165) is 36.4 Å². The van der Waals surface area contributed by atoms with E-state index in [1.807, 2.05) is 36.5 Å². The predicted molar refractivity (Wildman–Crippen MR) is 92.9 cm³/mol. The van der Waals surface area contributed by atoms with Crippen molar-refractivity contribution in [2.45, 2.75) is 6.42 Å². The van der Waals surface area contributed by atoms with E-state index in [1.54, 1.807) is 0 Å². The van der Waals surface area contributed by atoms with Gasteiger partial charge < -0.3 is 9.88 Å². The second kappa shape index (κ2) is 6.89. The predicted octanol–water partition coefficient (Wildman–Crippen LogP) is 3.51. The fourth-order valence-electron chi connectivity index (χ4n) is 2.40. The standard InChI is InChI=1S/C18H20N4/c1-22(15-8-3-2-4-9-15)13-7-12-19-14-18-20-16-10-5-6-11-17(16)21-18/h2-6,8-11,14H,7,12-13H2,1H3,(H,20,21)/b19-14+. The zero-order chi connectivity index (χ0) is 15.2. The zero-order valence-electron chi connectivity index (χ0n) is 12.7. The molecular formula is C18H20N4. The number of hydrogen-bond donors (Lipinski definition) is 1. The molecule has 1 aromatic heterocycles. The summed E-state index contributed by atoms with van der Waals surface area (Å²) in [5, 5.41) is 0. The Morgan fingerprint density at radius 1 is 1.09 bits per heavy atom. The van der Waals surface area contributed by atoms with Crippen molar-refractivity contribution in [3.05, 3.63) is 60.4 Å². The lowest BCUT2D eigenvalue weighted by Gasteiger charge is -2.18. The van der Waals surface area contributed by atoms with Crippen LogP contribution in [-0.2, 0) is 0 Å². The van der Waals surface area contributed by atoms with Gasteiger partial charge in [0.2, 0.25) is 0 Å². The number of imidazole rings is 1. The van der Waals surface area contributed by atoms with Crippen LogP contribution in [0.25, 0.3) is 11.0 Å². The van der Waals surface area contributed by atoms with Crippen molar-refractivity contribution in [1.82, 2.24) is 9.97 Å². The van der Waals surface area contributed by atoms with Crippen LogP contribution in [0.5, 0.6) is 0 Å². The third-order valence-corrected chi connectivity index (χ3v) is 3.60. The Labute approximate surface area is 130 Å². The first-order chi connectivity index (χ1) is 10.8. The van der Waals surface area contributed by atoms with Crippen molar-refractivity contribution in [2.75, 3.05) is 25.0 Å². The minimum absolute atomic E-state index is 0.800. The second-order valence-electron chi connectivity index (χ2n) is 5.29. The molecular weight excluding hydrogens is 272 g/mol. The van der Waals surface area contributed by atoms with Crippen LogP contribution in [0.15, 0.2) is 59.6 Å². The smallest absolute Gasteiger partial charge is 0.149 e. The summed E-state index contributed by atoms with van der Waals surface area (Å²) in [7, 11) is 2.11. The van der Waals surface area contributed by atoms with Gasteiger partial charge in [0.1, 0.15) is 5.82 Å². The van der Waals surface area contributed by atoms with E-state index in [2.05, 4.69) is 51.2 Å². The molecule has 0 saturated carbocycles. The molecule has 0 bridgehead atoms. The molecule has 3 rings (SSSR count). The number of hydrogen-bond acceptors (Lipinski definition) is 3. The first kappa shape index (κ1) is 14.3. The largest absolute Gasteiger partial charge is 0.375 e. The Hall–Kier alpha value is -2.62. The number of fused-ring (bicyclic) bond motifs is 1. The Kier molecular flexibility index (Phi) is 4.49. The van der Waals surface area contributed by atoms with Gasteiger partial charge in [-0.2, -0.15) is 0 Å². The normalized spacial score (nSPS) is 11.3. The highest BCUT2D eigenvalue weighted by atomic mass is 15.1. The maximum atomic E-state index is 4.48. The zero-order valence-corrected chi connectivity index (χ0v) is 12.7. The highest BCUT2D eigenvalue weighted by Gasteiger charge is 1.99. The third-order valence-electron chi connectivity index (χ3n) is 3.60. The Morgan fingerprint density at radius 3 is 2.68 bits per heavy atom. The van der Waals surface area contributed by atoms with Crippen molar-refractivity contribution in [1.29, 1.82) is 0 Å². The van der Waals surface area contributed by atoms with Gasteiger partial charge in [0.25, 0.3) is 0 Å². The van der Waals surface area contributed by atoms with Gasteiger partial charge >= 0.3 is 0 Å². The van der Waals surface area contributed by atoms with E-state index in [9.17, 15) is 0 Å². The van der Waals surface area contributed by atoms with Crippen molar-refractivity contribution < 1.29 is 0 Å². The fourth-order valence-corrected chi connectivity index (χ4v) is 2.40. The van der Waals surface area contributed by atoms with Crippen LogP contribution in [0.3, 0.4) is 0 Å². The van der Waals surface area contributed by atoms with Crippen LogP contribution >= 0.6 is 0 Å².